The van der Waals surface area contributed by atoms with Crippen LogP contribution < -0.4 is 10.1 Å². The van der Waals surface area contributed by atoms with Crippen LogP contribution in [0.5, 0.6) is 5.75 Å². The second-order valence-corrected chi connectivity index (χ2v) is 5.31. The molecule has 0 atom stereocenters. The Morgan fingerprint density at radius 3 is 2.75 bits per heavy atom. The average Bonchev–Trinajstić information content (AvgIpc) is 2.85. The summed E-state index contributed by atoms with van der Waals surface area (Å²) >= 11 is 0. The predicted molar refractivity (Wildman–Crippen MR) is 92.3 cm³/mol. The highest BCUT2D eigenvalue weighted by Gasteiger charge is 2.20. The molecule has 0 saturated carbocycles. The van der Waals surface area contributed by atoms with Crippen LogP contribution in [0, 0.1) is 4.91 Å². The van der Waals surface area contributed by atoms with E-state index in [9.17, 15) is 9.70 Å². The summed E-state index contributed by atoms with van der Waals surface area (Å²) in [6.45, 7) is 4.32. The molecule has 1 heterocycles. The minimum Gasteiger partial charge on any atom is -0.493 e. The number of para-hydroxylation sites is 1. The zero-order valence-electron chi connectivity index (χ0n) is 14.2. The average molecular weight is 330 g/mol. The van der Waals surface area contributed by atoms with Crippen LogP contribution in [0.3, 0.4) is 0 Å². The van der Waals surface area contributed by atoms with Crippen LogP contribution in [0.1, 0.15) is 42.0 Å². The molecule has 1 amide bonds. The van der Waals surface area contributed by atoms with Gasteiger partial charge in [0.2, 0.25) is 0 Å². The lowest BCUT2D eigenvalue weighted by molar-refractivity contribution is 0.102. The van der Waals surface area contributed by atoms with Crippen LogP contribution in [-0.4, -0.2) is 22.3 Å². The molecular formula is C17H22N4O3. The van der Waals surface area contributed by atoms with E-state index in [-0.39, 0.29) is 12.5 Å². The Hall–Kier alpha value is -2.70. The Kier molecular flexibility index (Phi) is 6.06. The van der Waals surface area contributed by atoms with Crippen molar-refractivity contribution in [3.05, 3.63) is 46.1 Å². The Labute approximate surface area is 141 Å². The van der Waals surface area contributed by atoms with E-state index < -0.39 is 0 Å². The number of amides is 1. The van der Waals surface area contributed by atoms with Gasteiger partial charge in [-0.25, -0.2) is 0 Å². The fourth-order valence-electron chi connectivity index (χ4n) is 2.53. The maximum atomic E-state index is 12.7. The van der Waals surface area contributed by atoms with Gasteiger partial charge >= 0.3 is 0 Å². The van der Waals surface area contributed by atoms with Crippen molar-refractivity contribution in [2.45, 2.75) is 33.2 Å². The molecular weight excluding hydrogens is 308 g/mol. The number of anilines is 1. The summed E-state index contributed by atoms with van der Waals surface area (Å²) in [6.07, 6.45) is 1.58. The first-order valence-corrected chi connectivity index (χ1v) is 7.99. The lowest BCUT2D eigenvalue weighted by Crippen LogP contribution is -2.15. The van der Waals surface area contributed by atoms with Crippen molar-refractivity contribution in [3.8, 4) is 5.75 Å². The molecule has 1 aromatic heterocycles. The molecule has 0 aliphatic rings. The molecule has 24 heavy (non-hydrogen) atoms. The third-order valence-electron chi connectivity index (χ3n) is 3.61. The van der Waals surface area contributed by atoms with Crippen molar-refractivity contribution in [3.63, 3.8) is 0 Å². The van der Waals surface area contributed by atoms with Gasteiger partial charge in [0.25, 0.3) is 5.91 Å². The van der Waals surface area contributed by atoms with Crippen molar-refractivity contribution in [1.82, 2.24) is 9.78 Å². The number of nitrogens with one attached hydrogen (secondary N) is 1. The Morgan fingerprint density at radius 2 is 2.08 bits per heavy atom. The monoisotopic (exact) mass is 330 g/mol. The maximum Gasteiger partial charge on any atom is 0.259 e. The molecule has 0 bridgehead atoms. The number of ether oxygens (including phenoxy) is 1. The highest BCUT2D eigenvalue weighted by atomic mass is 16.5. The van der Waals surface area contributed by atoms with Crippen LogP contribution in [0.2, 0.25) is 0 Å². The molecule has 0 spiro atoms. The first-order chi connectivity index (χ1) is 11.6. The van der Waals surface area contributed by atoms with Gasteiger partial charge in [-0.15, -0.1) is 0 Å². The van der Waals surface area contributed by atoms with Gasteiger partial charge in [0.1, 0.15) is 12.3 Å². The number of rotatable bonds is 8. The quantitative estimate of drug-likeness (QED) is 0.753. The Balaban J connectivity index is 2.36. The SMILES string of the molecule is CCCc1nn(C)c(CN=O)c1NC(=O)c1ccccc1OCC. The molecule has 0 saturated heterocycles. The van der Waals surface area contributed by atoms with Crippen LogP contribution in [0.25, 0.3) is 0 Å². The third-order valence-corrected chi connectivity index (χ3v) is 3.61. The van der Waals surface area contributed by atoms with Gasteiger partial charge in [-0.05, 0) is 25.5 Å². The standard InChI is InChI=1S/C17H22N4O3/c1-4-8-13-16(14(11-18-23)21(3)20-13)19-17(22)12-9-6-7-10-15(12)24-5-2/h6-7,9-10H,4-5,8,11H2,1-3H3,(H,19,22). The minimum atomic E-state index is -0.295. The largest absolute Gasteiger partial charge is 0.493 e. The Morgan fingerprint density at radius 1 is 1.33 bits per heavy atom. The normalized spacial score (nSPS) is 10.5. The van der Waals surface area contributed by atoms with Gasteiger partial charge in [-0.3, -0.25) is 9.48 Å². The fraction of sp³-hybridized carbons (Fsp3) is 0.412. The zero-order chi connectivity index (χ0) is 17.5. The number of nitrogens with zero attached hydrogens (tertiary/aromatic N) is 3. The van der Waals surface area contributed by atoms with E-state index >= 15 is 0 Å². The van der Waals surface area contributed by atoms with Crippen molar-refractivity contribution < 1.29 is 9.53 Å². The molecule has 128 valence electrons. The summed E-state index contributed by atoms with van der Waals surface area (Å²) in [4.78, 5) is 23.4. The van der Waals surface area contributed by atoms with E-state index in [2.05, 4.69) is 15.6 Å². The molecule has 0 unspecified atom stereocenters. The number of benzene rings is 1. The van der Waals surface area contributed by atoms with E-state index in [4.69, 9.17) is 4.74 Å². The smallest absolute Gasteiger partial charge is 0.259 e. The van der Waals surface area contributed by atoms with Gasteiger partial charge in [0.05, 0.1) is 29.2 Å². The molecule has 2 rings (SSSR count). The van der Waals surface area contributed by atoms with E-state index in [1.165, 1.54) is 0 Å². The topological polar surface area (TPSA) is 85.6 Å². The molecule has 0 radical (unpaired) electrons. The molecule has 7 heteroatoms. The number of hydrogen-bond donors (Lipinski definition) is 1. The number of carbonyl (C=O) groups is 1. The Bertz CT molecular complexity index is 725. The zero-order valence-corrected chi connectivity index (χ0v) is 14.2. The van der Waals surface area contributed by atoms with E-state index in [0.717, 1.165) is 12.1 Å². The third kappa shape index (κ3) is 3.79. The lowest BCUT2D eigenvalue weighted by atomic mass is 10.1. The molecule has 0 fully saturated rings. The van der Waals surface area contributed by atoms with E-state index in [1.54, 1.807) is 29.9 Å². The van der Waals surface area contributed by atoms with Crippen LogP contribution >= 0.6 is 0 Å². The van der Waals surface area contributed by atoms with E-state index in [0.29, 0.717) is 35.7 Å². The molecule has 2 aromatic rings. The fourth-order valence-corrected chi connectivity index (χ4v) is 2.53. The van der Waals surface area contributed by atoms with Crippen molar-refractivity contribution in [2.24, 2.45) is 12.2 Å². The highest BCUT2D eigenvalue weighted by Crippen LogP contribution is 2.25. The van der Waals surface area contributed by atoms with Crippen molar-refractivity contribution >= 4 is 11.6 Å². The first-order valence-electron chi connectivity index (χ1n) is 7.99. The van der Waals surface area contributed by atoms with Crippen LogP contribution in [0.15, 0.2) is 29.4 Å². The van der Waals surface area contributed by atoms with Gasteiger partial charge in [0, 0.05) is 7.05 Å². The van der Waals surface area contributed by atoms with Gasteiger partial charge in [-0.2, -0.15) is 10.0 Å². The molecule has 0 aliphatic carbocycles. The highest BCUT2D eigenvalue weighted by molar-refractivity contribution is 6.06. The molecule has 7 nitrogen and oxygen atoms in total. The second kappa shape index (κ2) is 8.24. The summed E-state index contributed by atoms with van der Waals surface area (Å²) in [5.41, 5.74) is 2.35. The minimum absolute atomic E-state index is 0.0457. The summed E-state index contributed by atoms with van der Waals surface area (Å²) in [6, 6.07) is 7.05. The van der Waals surface area contributed by atoms with Gasteiger partial charge in [0.15, 0.2) is 0 Å². The number of aryl methyl sites for hydroxylation is 2. The van der Waals surface area contributed by atoms with Crippen LogP contribution in [-0.2, 0) is 20.0 Å². The number of aromatic nitrogens is 2. The van der Waals surface area contributed by atoms with Gasteiger partial charge in [-0.1, -0.05) is 30.7 Å². The summed E-state index contributed by atoms with van der Waals surface area (Å²) < 4.78 is 7.10. The van der Waals surface area contributed by atoms with Crippen molar-refractivity contribution in [1.29, 1.82) is 0 Å². The van der Waals surface area contributed by atoms with Crippen LogP contribution in [0.4, 0.5) is 5.69 Å². The molecule has 0 aliphatic heterocycles. The van der Waals surface area contributed by atoms with E-state index in [1.807, 2.05) is 19.9 Å². The number of nitroso groups, excluding NO2 is 1. The summed E-state index contributed by atoms with van der Waals surface area (Å²) in [5, 5.41) is 10.2. The molecule has 1 aromatic carbocycles. The predicted octanol–water partition coefficient (Wildman–Crippen LogP) is 3.29. The summed E-state index contributed by atoms with van der Waals surface area (Å²) in [7, 11) is 1.74. The first kappa shape index (κ1) is 17.7. The molecule has 1 N–H and O–H groups in total. The lowest BCUT2D eigenvalue weighted by Gasteiger charge is -2.11. The maximum absolute atomic E-state index is 12.7. The second-order valence-electron chi connectivity index (χ2n) is 5.31. The number of hydrogen-bond acceptors (Lipinski definition) is 5. The number of carbonyl (C=O) groups excluding carboxylic acids is 1. The van der Waals surface area contributed by atoms with Gasteiger partial charge < -0.3 is 10.1 Å². The van der Waals surface area contributed by atoms with Crippen molar-refractivity contribution in [2.75, 3.05) is 11.9 Å². The summed E-state index contributed by atoms with van der Waals surface area (Å²) in [5.74, 6) is 0.227.